The first-order valence-corrected chi connectivity index (χ1v) is 7.21. The lowest BCUT2D eigenvalue weighted by Gasteiger charge is -1.99. The number of rotatable bonds is 1. The number of hydrogen-bond donors (Lipinski definition) is 0. The highest BCUT2D eigenvalue weighted by atomic mass is 35.5. The zero-order valence-electron chi connectivity index (χ0n) is 9.69. The third-order valence-electron chi connectivity index (χ3n) is 2.82. The zero-order chi connectivity index (χ0) is 13.4. The maximum Gasteiger partial charge on any atom is 0.200 e. The van der Waals surface area contributed by atoms with Crippen LogP contribution >= 0.6 is 35.0 Å². The Balaban J connectivity index is 1.98. The lowest BCUT2D eigenvalue weighted by molar-refractivity contribution is 0.104. The van der Waals surface area contributed by atoms with Gasteiger partial charge in [-0.15, -0.1) is 0 Å². The molecule has 0 radical (unpaired) electrons. The molecule has 1 aliphatic heterocycles. The van der Waals surface area contributed by atoms with Crippen LogP contribution in [0.15, 0.2) is 52.3 Å². The lowest BCUT2D eigenvalue weighted by Crippen LogP contribution is -1.93. The van der Waals surface area contributed by atoms with Crippen LogP contribution in [0.5, 0.6) is 0 Å². The number of benzene rings is 2. The molecule has 0 aliphatic carbocycles. The second kappa shape index (κ2) is 5.04. The Labute approximate surface area is 125 Å². The van der Waals surface area contributed by atoms with Gasteiger partial charge in [0.25, 0.3) is 0 Å². The van der Waals surface area contributed by atoms with Crippen molar-refractivity contribution in [2.45, 2.75) is 4.90 Å². The highest BCUT2D eigenvalue weighted by molar-refractivity contribution is 8.04. The van der Waals surface area contributed by atoms with E-state index in [-0.39, 0.29) is 5.78 Å². The van der Waals surface area contributed by atoms with Gasteiger partial charge in [-0.2, -0.15) is 0 Å². The molecule has 94 valence electrons. The highest BCUT2D eigenvalue weighted by Crippen LogP contribution is 2.40. The quantitative estimate of drug-likeness (QED) is 0.663. The molecular weight excluding hydrogens is 299 g/mol. The normalized spacial score (nSPS) is 15.9. The summed E-state index contributed by atoms with van der Waals surface area (Å²) in [5, 5.41) is 1.00. The van der Waals surface area contributed by atoms with E-state index >= 15 is 0 Å². The third kappa shape index (κ3) is 2.44. The van der Waals surface area contributed by atoms with Crippen LogP contribution in [0.4, 0.5) is 0 Å². The minimum absolute atomic E-state index is 0.0617. The SMILES string of the molecule is O=C1C(=Cc2ccc(Cl)c(Cl)c2)Sc2ccccc21. The van der Waals surface area contributed by atoms with Crippen molar-refractivity contribution >= 4 is 46.8 Å². The van der Waals surface area contributed by atoms with E-state index in [0.29, 0.717) is 15.0 Å². The van der Waals surface area contributed by atoms with Gasteiger partial charge in [0.2, 0.25) is 5.78 Å². The summed E-state index contributed by atoms with van der Waals surface area (Å²) in [6.45, 7) is 0. The molecule has 2 aromatic rings. The molecule has 0 saturated carbocycles. The topological polar surface area (TPSA) is 17.1 Å². The lowest BCUT2D eigenvalue weighted by atomic mass is 10.1. The molecule has 0 spiro atoms. The highest BCUT2D eigenvalue weighted by Gasteiger charge is 2.25. The fourth-order valence-corrected chi connectivity index (χ4v) is 3.25. The van der Waals surface area contributed by atoms with E-state index in [1.54, 1.807) is 12.1 Å². The number of ketones is 1. The van der Waals surface area contributed by atoms with E-state index in [0.717, 1.165) is 16.0 Å². The van der Waals surface area contributed by atoms with E-state index in [1.165, 1.54) is 11.8 Å². The molecule has 0 aromatic heterocycles. The Morgan fingerprint density at radius 2 is 1.79 bits per heavy atom. The second-order valence-corrected chi connectivity index (χ2v) is 6.01. The average Bonchev–Trinajstić information content (AvgIpc) is 2.72. The molecule has 2 aromatic carbocycles. The van der Waals surface area contributed by atoms with Gasteiger partial charge in [0.1, 0.15) is 0 Å². The molecule has 3 rings (SSSR count). The van der Waals surface area contributed by atoms with Gasteiger partial charge < -0.3 is 0 Å². The number of carbonyl (C=O) groups excluding carboxylic acids is 1. The van der Waals surface area contributed by atoms with Crippen LogP contribution < -0.4 is 0 Å². The molecule has 1 aliphatic rings. The van der Waals surface area contributed by atoms with Gasteiger partial charge in [-0.25, -0.2) is 0 Å². The molecule has 1 heterocycles. The van der Waals surface area contributed by atoms with Crippen molar-refractivity contribution in [1.29, 1.82) is 0 Å². The zero-order valence-corrected chi connectivity index (χ0v) is 12.0. The van der Waals surface area contributed by atoms with Crippen LogP contribution in [-0.2, 0) is 0 Å². The molecule has 0 unspecified atom stereocenters. The number of allylic oxidation sites excluding steroid dienone is 1. The van der Waals surface area contributed by atoms with Gasteiger partial charge in [-0.1, -0.05) is 53.2 Å². The minimum atomic E-state index is 0.0617. The molecule has 19 heavy (non-hydrogen) atoms. The molecule has 0 fully saturated rings. The number of fused-ring (bicyclic) bond motifs is 1. The maximum absolute atomic E-state index is 12.2. The molecule has 0 N–H and O–H groups in total. The van der Waals surface area contributed by atoms with Crippen LogP contribution in [0, 0.1) is 0 Å². The summed E-state index contributed by atoms with van der Waals surface area (Å²) in [4.78, 5) is 13.9. The fraction of sp³-hybridized carbons (Fsp3) is 0. The van der Waals surface area contributed by atoms with Crippen LogP contribution in [0.25, 0.3) is 6.08 Å². The van der Waals surface area contributed by atoms with Crippen molar-refractivity contribution in [2.75, 3.05) is 0 Å². The minimum Gasteiger partial charge on any atom is -0.288 e. The van der Waals surface area contributed by atoms with Crippen molar-refractivity contribution in [3.8, 4) is 0 Å². The Morgan fingerprint density at radius 3 is 2.53 bits per heavy atom. The number of thioether (sulfide) groups is 1. The largest absolute Gasteiger partial charge is 0.288 e. The van der Waals surface area contributed by atoms with Crippen molar-refractivity contribution in [2.24, 2.45) is 0 Å². The number of halogens is 2. The number of Topliss-reactive ketones (excluding diaryl/α,β-unsaturated/α-hetero) is 1. The summed E-state index contributed by atoms with van der Waals surface area (Å²) in [7, 11) is 0. The van der Waals surface area contributed by atoms with E-state index in [2.05, 4.69) is 0 Å². The first-order valence-electron chi connectivity index (χ1n) is 5.63. The van der Waals surface area contributed by atoms with Crippen molar-refractivity contribution in [1.82, 2.24) is 0 Å². The first kappa shape index (κ1) is 12.8. The van der Waals surface area contributed by atoms with Gasteiger partial charge in [0.05, 0.1) is 15.0 Å². The molecule has 0 atom stereocenters. The monoisotopic (exact) mass is 306 g/mol. The van der Waals surface area contributed by atoms with E-state index < -0.39 is 0 Å². The molecule has 0 saturated heterocycles. The predicted octanol–water partition coefficient (Wildman–Crippen LogP) is 5.32. The van der Waals surface area contributed by atoms with Crippen LogP contribution in [0.2, 0.25) is 10.0 Å². The fourth-order valence-electron chi connectivity index (χ4n) is 1.89. The van der Waals surface area contributed by atoms with Gasteiger partial charge in [0, 0.05) is 10.5 Å². The summed E-state index contributed by atoms with van der Waals surface area (Å²) in [6, 6.07) is 12.9. The Hall–Kier alpha value is -1.22. The summed E-state index contributed by atoms with van der Waals surface area (Å²) < 4.78 is 0. The first-order chi connectivity index (χ1) is 9.15. The Bertz CT molecular complexity index is 707. The summed E-state index contributed by atoms with van der Waals surface area (Å²) in [6.07, 6.45) is 1.84. The second-order valence-electron chi connectivity index (χ2n) is 4.11. The van der Waals surface area contributed by atoms with Crippen LogP contribution in [0.1, 0.15) is 15.9 Å². The average molecular weight is 307 g/mol. The summed E-state index contributed by atoms with van der Waals surface area (Å²) in [5.74, 6) is 0.0617. The van der Waals surface area contributed by atoms with Crippen molar-refractivity contribution in [3.63, 3.8) is 0 Å². The van der Waals surface area contributed by atoms with E-state index in [4.69, 9.17) is 23.2 Å². The third-order valence-corrected chi connectivity index (χ3v) is 4.65. The number of hydrogen-bond acceptors (Lipinski definition) is 2. The summed E-state index contributed by atoms with van der Waals surface area (Å²) in [5.41, 5.74) is 1.64. The van der Waals surface area contributed by atoms with E-state index in [1.807, 2.05) is 36.4 Å². The molecule has 0 amide bonds. The van der Waals surface area contributed by atoms with Crippen LogP contribution in [0.3, 0.4) is 0 Å². The Morgan fingerprint density at radius 1 is 1.00 bits per heavy atom. The van der Waals surface area contributed by atoms with Gasteiger partial charge >= 0.3 is 0 Å². The molecule has 1 nitrogen and oxygen atoms in total. The smallest absolute Gasteiger partial charge is 0.200 e. The molecule has 0 bridgehead atoms. The van der Waals surface area contributed by atoms with Crippen molar-refractivity contribution in [3.05, 3.63) is 68.5 Å². The van der Waals surface area contributed by atoms with Gasteiger partial charge in [-0.3, -0.25) is 4.79 Å². The van der Waals surface area contributed by atoms with E-state index in [9.17, 15) is 4.79 Å². The standard InChI is InChI=1S/C15H8Cl2OS/c16-11-6-5-9(7-12(11)17)8-14-15(18)10-3-1-2-4-13(10)19-14/h1-8H. The van der Waals surface area contributed by atoms with Crippen LogP contribution in [-0.4, -0.2) is 5.78 Å². The number of carbonyl (C=O) groups is 1. The molecule has 4 heteroatoms. The maximum atomic E-state index is 12.2. The van der Waals surface area contributed by atoms with Crippen molar-refractivity contribution < 1.29 is 4.79 Å². The predicted molar refractivity (Wildman–Crippen MR) is 81.1 cm³/mol. The molecular formula is C15H8Cl2OS. The Kier molecular flexibility index (Phi) is 3.40. The van der Waals surface area contributed by atoms with Gasteiger partial charge in [0.15, 0.2) is 0 Å². The summed E-state index contributed by atoms with van der Waals surface area (Å²) >= 11 is 13.3. The van der Waals surface area contributed by atoms with Gasteiger partial charge in [-0.05, 0) is 35.9 Å².